The van der Waals surface area contributed by atoms with Gasteiger partial charge in [0.2, 0.25) is 6.04 Å². The standard InChI is InChI=1S/C19H31NO3/c1-18-9-7-13(20(22)23)11-12(18)3-4-14-15-5-6-17(21)19(15,2)10-8-16(14)18/h12-17,21H,3-11H2,1-2H3. The molecule has 0 spiro atoms. The highest BCUT2D eigenvalue weighted by molar-refractivity contribution is 5.09. The summed E-state index contributed by atoms with van der Waals surface area (Å²) in [5.41, 5.74) is 0.451. The highest BCUT2D eigenvalue weighted by atomic mass is 16.6. The Labute approximate surface area is 139 Å². The average molecular weight is 321 g/mol. The van der Waals surface area contributed by atoms with Gasteiger partial charge in [-0.3, -0.25) is 10.1 Å². The molecule has 0 aromatic rings. The fourth-order valence-electron chi connectivity index (χ4n) is 7.40. The Balaban J connectivity index is 1.58. The highest BCUT2D eigenvalue weighted by Crippen LogP contribution is 2.66. The minimum absolute atomic E-state index is 0.0308. The van der Waals surface area contributed by atoms with E-state index in [1.807, 2.05) is 0 Å². The Morgan fingerprint density at radius 1 is 0.957 bits per heavy atom. The number of aliphatic hydroxyl groups is 1. The van der Waals surface area contributed by atoms with Gasteiger partial charge in [-0.1, -0.05) is 13.8 Å². The minimum Gasteiger partial charge on any atom is -0.393 e. The van der Waals surface area contributed by atoms with E-state index >= 15 is 0 Å². The molecule has 0 radical (unpaired) electrons. The maximum absolute atomic E-state index is 11.2. The molecule has 0 saturated heterocycles. The lowest BCUT2D eigenvalue weighted by Crippen LogP contribution is -2.54. The van der Waals surface area contributed by atoms with E-state index in [9.17, 15) is 15.2 Å². The van der Waals surface area contributed by atoms with Crippen LogP contribution < -0.4 is 0 Å². The van der Waals surface area contributed by atoms with E-state index in [0.717, 1.165) is 43.9 Å². The van der Waals surface area contributed by atoms with Gasteiger partial charge in [0.25, 0.3) is 0 Å². The molecule has 4 aliphatic rings. The predicted octanol–water partition coefficient (Wildman–Crippen LogP) is 4.04. The molecule has 0 aromatic heterocycles. The summed E-state index contributed by atoms with van der Waals surface area (Å²) in [6.45, 7) is 4.77. The Hall–Kier alpha value is -0.640. The van der Waals surface area contributed by atoms with Crippen molar-refractivity contribution in [3.05, 3.63) is 10.1 Å². The molecule has 8 unspecified atom stereocenters. The molecule has 0 amide bonds. The molecule has 4 nitrogen and oxygen atoms in total. The summed E-state index contributed by atoms with van der Waals surface area (Å²) in [5, 5.41) is 21.7. The fourth-order valence-corrected chi connectivity index (χ4v) is 7.40. The van der Waals surface area contributed by atoms with Crippen LogP contribution in [0.1, 0.15) is 71.6 Å². The quantitative estimate of drug-likeness (QED) is 0.585. The van der Waals surface area contributed by atoms with Crippen molar-refractivity contribution in [3.8, 4) is 0 Å². The molecule has 4 aliphatic carbocycles. The molecular weight excluding hydrogens is 290 g/mol. The molecule has 0 heterocycles. The molecule has 4 rings (SSSR count). The number of nitrogens with zero attached hydrogens (tertiary/aromatic N) is 1. The van der Waals surface area contributed by atoms with E-state index in [4.69, 9.17) is 0 Å². The third-order valence-electron chi connectivity index (χ3n) is 8.89. The van der Waals surface area contributed by atoms with Crippen molar-refractivity contribution in [2.45, 2.75) is 83.8 Å². The van der Waals surface area contributed by atoms with Crippen molar-refractivity contribution in [2.24, 2.45) is 34.5 Å². The summed E-state index contributed by atoms with van der Waals surface area (Å²) in [7, 11) is 0. The molecule has 130 valence electrons. The van der Waals surface area contributed by atoms with Crippen LogP contribution in [-0.4, -0.2) is 22.2 Å². The number of hydrogen-bond acceptors (Lipinski definition) is 3. The molecule has 0 aliphatic heterocycles. The monoisotopic (exact) mass is 321 g/mol. The summed E-state index contributed by atoms with van der Waals surface area (Å²) in [6, 6.07) is -0.299. The van der Waals surface area contributed by atoms with E-state index in [1.165, 1.54) is 25.7 Å². The van der Waals surface area contributed by atoms with Crippen LogP contribution >= 0.6 is 0 Å². The number of nitro groups is 1. The van der Waals surface area contributed by atoms with Gasteiger partial charge in [-0.25, -0.2) is 0 Å². The smallest absolute Gasteiger partial charge is 0.213 e. The number of rotatable bonds is 1. The van der Waals surface area contributed by atoms with Crippen LogP contribution in [0.5, 0.6) is 0 Å². The molecule has 0 bridgehead atoms. The van der Waals surface area contributed by atoms with Gasteiger partial charge in [0.15, 0.2) is 0 Å². The molecular formula is C19H31NO3. The summed E-state index contributed by atoms with van der Waals surface area (Å²) >= 11 is 0. The van der Waals surface area contributed by atoms with Crippen molar-refractivity contribution in [1.29, 1.82) is 0 Å². The van der Waals surface area contributed by atoms with Crippen LogP contribution in [0.25, 0.3) is 0 Å². The largest absolute Gasteiger partial charge is 0.393 e. The minimum atomic E-state index is -0.299. The van der Waals surface area contributed by atoms with Crippen LogP contribution in [0, 0.1) is 44.6 Å². The molecule has 4 heteroatoms. The highest BCUT2D eigenvalue weighted by Gasteiger charge is 2.60. The van der Waals surface area contributed by atoms with E-state index in [0.29, 0.717) is 17.3 Å². The second-order valence-corrected chi connectivity index (χ2v) is 9.51. The fraction of sp³-hybridized carbons (Fsp3) is 1.00. The lowest BCUT2D eigenvalue weighted by Gasteiger charge is -2.60. The first-order chi connectivity index (χ1) is 10.9. The maximum atomic E-state index is 11.2. The molecule has 23 heavy (non-hydrogen) atoms. The van der Waals surface area contributed by atoms with Crippen molar-refractivity contribution in [3.63, 3.8) is 0 Å². The van der Waals surface area contributed by atoms with Crippen LogP contribution in [0.15, 0.2) is 0 Å². The molecule has 0 aromatic carbocycles. The van der Waals surface area contributed by atoms with Gasteiger partial charge >= 0.3 is 0 Å². The number of fused-ring (bicyclic) bond motifs is 5. The Bertz CT molecular complexity index is 509. The zero-order valence-corrected chi connectivity index (χ0v) is 14.5. The van der Waals surface area contributed by atoms with Gasteiger partial charge in [0.1, 0.15) is 0 Å². The Morgan fingerprint density at radius 3 is 2.39 bits per heavy atom. The average Bonchev–Trinajstić information content (AvgIpc) is 2.82. The van der Waals surface area contributed by atoms with Gasteiger partial charge in [-0.05, 0) is 79.4 Å². The van der Waals surface area contributed by atoms with E-state index in [-0.39, 0.29) is 22.5 Å². The van der Waals surface area contributed by atoms with Gasteiger partial charge in [0.05, 0.1) is 6.10 Å². The second-order valence-electron chi connectivity index (χ2n) is 9.51. The number of hydrogen-bond donors (Lipinski definition) is 1. The summed E-state index contributed by atoms with van der Waals surface area (Å²) in [5.74, 6) is 2.71. The van der Waals surface area contributed by atoms with Crippen LogP contribution in [-0.2, 0) is 0 Å². The van der Waals surface area contributed by atoms with Gasteiger partial charge < -0.3 is 5.11 Å². The zero-order chi connectivity index (χ0) is 16.4. The molecule has 1 N–H and O–H groups in total. The Morgan fingerprint density at radius 2 is 1.65 bits per heavy atom. The first-order valence-corrected chi connectivity index (χ1v) is 9.68. The van der Waals surface area contributed by atoms with Crippen molar-refractivity contribution in [2.75, 3.05) is 0 Å². The molecule has 4 fully saturated rings. The second kappa shape index (κ2) is 5.18. The first kappa shape index (κ1) is 15.9. The van der Waals surface area contributed by atoms with Gasteiger partial charge in [-0.2, -0.15) is 0 Å². The van der Waals surface area contributed by atoms with Gasteiger partial charge in [0, 0.05) is 17.8 Å². The van der Waals surface area contributed by atoms with E-state index in [2.05, 4.69) is 13.8 Å². The lowest BCUT2D eigenvalue weighted by molar-refractivity contribution is -0.531. The number of aliphatic hydroxyl groups excluding tert-OH is 1. The van der Waals surface area contributed by atoms with Crippen molar-refractivity contribution in [1.82, 2.24) is 0 Å². The summed E-state index contributed by atoms with van der Waals surface area (Å²) in [4.78, 5) is 11.2. The van der Waals surface area contributed by atoms with E-state index in [1.54, 1.807) is 0 Å². The molecule has 8 atom stereocenters. The van der Waals surface area contributed by atoms with Crippen molar-refractivity contribution < 1.29 is 10.0 Å². The SMILES string of the molecule is CC12CCC3C(CCC4CC([N+](=O)[O-])CCC43C)C1CCC2O. The Kier molecular flexibility index (Phi) is 3.57. The first-order valence-electron chi connectivity index (χ1n) is 9.68. The predicted molar refractivity (Wildman–Crippen MR) is 88.5 cm³/mol. The topological polar surface area (TPSA) is 63.4 Å². The van der Waals surface area contributed by atoms with Crippen LogP contribution in [0.2, 0.25) is 0 Å². The van der Waals surface area contributed by atoms with E-state index < -0.39 is 0 Å². The third-order valence-corrected chi connectivity index (χ3v) is 8.89. The van der Waals surface area contributed by atoms with Crippen LogP contribution in [0.4, 0.5) is 0 Å². The summed E-state index contributed by atoms with van der Waals surface area (Å²) in [6.07, 6.45) is 9.47. The van der Waals surface area contributed by atoms with Crippen LogP contribution in [0.3, 0.4) is 0 Å². The summed E-state index contributed by atoms with van der Waals surface area (Å²) < 4.78 is 0. The van der Waals surface area contributed by atoms with Crippen molar-refractivity contribution >= 4 is 0 Å². The lowest BCUT2D eigenvalue weighted by atomic mass is 9.45. The normalized spacial score (nSPS) is 55.6. The zero-order valence-electron chi connectivity index (χ0n) is 14.5. The third kappa shape index (κ3) is 2.13. The van der Waals surface area contributed by atoms with Gasteiger partial charge in [-0.15, -0.1) is 0 Å². The molecule has 4 saturated carbocycles. The maximum Gasteiger partial charge on any atom is 0.213 e.